The van der Waals surface area contributed by atoms with Crippen LogP contribution in [-0.2, 0) is 4.79 Å². The molecule has 0 aliphatic carbocycles. The van der Waals surface area contributed by atoms with Crippen LogP contribution in [0.4, 0.5) is 0 Å². The summed E-state index contributed by atoms with van der Waals surface area (Å²) in [5.74, 6) is -0.541. The summed E-state index contributed by atoms with van der Waals surface area (Å²) in [7, 11) is 1.45. The van der Waals surface area contributed by atoms with Gasteiger partial charge in [0.15, 0.2) is 11.5 Å². The Morgan fingerprint density at radius 3 is 2.60 bits per heavy atom. The number of rotatable bonds is 5. The predicted octanol–water partition coefficient (Wildman–Crippen LogP) is 3.13. The summed E-state index contributed by atoms with van der Waals surface area (Å²) in [4.78, 5) is 10.8. The molecule has 0 aliphatic heterocycles. The van der Waals surface area contributed by atoms with E-state index in [-0.39, 0.29) is 16.7 Å². The van der Waals surface area contributed by atoms with Crippen molar-refractivity contribution in [3.8, 4) is 17.6 Å². The van der Waals surface area contributed by atoms with Crippen LogP contribution in [0.1, 0.15) is 19.4 Å². The summed E-state index contributed by atoms with van der Waals surface area (Å²) in [6.07, 6.45) is 1.13. The van der Waals surface area contributed by atoms with E-state index in [0.717, 1.165) is 0 Å². The molecule has 1 aromatic rings. The monoisotopic (exact) mass is 295 g/mol. The van der Waals surface area contributed by atoms with Crippen LogP contribution in [0.3, 0.4) is 0 Å². The number of methoxy groups -OCH3 is 1. The van der Waals surface area contributed by atoms with Crippen LogP contribution >= 0.6 is 11.6 Å². The Kier molecular flexibility index (Phi) is 5.42. The van der Waals surface area contributed by atoms with E-state index in [2.05, 4.69) is 0 Å². The van der Waals surface area contributed by atoms with Crippen molar-refractivity contribution < 1.29 is 19.4 Å². The highest BCUT2D eigenvalue weighted by Gasteiger charge is 2.14. The molecule has 1 rings (SSSR count). The summed E-state index contributed by atoms with van der Waals surface area (Å²) in [5.41, 5.74) is 0.0579. The molecule has 6 heteroatoms. The number of benzene rings is 1. The second kappa shape index (κ2) is 6.83. The number of hydrogen-bond donors (Lipinski definition) is 1. The lowest BCUT2D eigenvalue weighted by Gasteiger charge is -2.15. The van der Waals surface area contributed by atoms with E-state index in [1.54, 1.807) is 12.1 Å². The zero-order valence-corrected chi connectivity index (χ0v) is 12.1. The third-order valence-electron chi connectivity index (χ3n) is 2.27. The van der Waals surface area contributed by atoms with Gasteiger partial charge in [0.25, 0.3) is 0 Å². The standard InChI is InChI=1S/C14H14ClNO4/c1-8(2)20-13-11(15)5-9(6-12(13)19-3)4-10(7-16)14(17)18/h4-6,8H,1-3H3,(H,17,18)/b10-4-. The number of carbonyl (C=O) groups is 1. The lowest BCUT2D eigenvalue weighted by Crippen LogP contribution is -2.07. The normalized spacial score (nSPS) is 11.1. The minimum absolute atomic E-state index is 0.0866. The number of nitrogens with zero attached hydrogens (tertiary/aromatic N) is 1. The second-order valence-corrected chi connectivity index (χ2v) is 4.58. The second-order valence-electron chi connectivity index (χ2n) is 4.18. The summed E-state index contributed by atoms with van der Waals surface area (Å²) in [6, 6.07) is 4.68. The first-order valence-electron chi connectivity index (χ1n) is 5.78. The van der Waals surface area contributed by atoms with Crippen LogP contribution in [0.25, 0.3) is 6.08 Å². The van der Waals surface area contributed by atoms with Gasteiger partial charge in [0.05, 0.1) is 18.2 Å². The molecule has 0 radical (unpaired) electrons. The smallest absolute Gasteiger partial charge is 0.346 e. The number of carboxylic acids is 1. The lowest BCUT2D eigenvalue weighted by atomic mass is 10.1. The molecule has 0 bridgehead atoms. The van der Waals surface area contributed by atoms with E-state index in [1.807, 2.05) is 13.8 Å². The first kappa shape index (κ1) is 15.9. The summed E-state index contributed by atoms with van der Waals surface area (Å²) in [5, 5.41) is 17.8. The molecule has 0 saturated heterocycles. The largest absolute Gasteiger partial charge is 0.493 e. The molecule has 0 fully saturated rings. The van der Waals surface area contributed by atoms with Gasteiger partial charge < -0.3 is 14.6 Å². The fourth-order valence-corrected chi connectivity index (χ4v) is 1.75. The SMILES string of the molecule is COc1cc(/C=C(/C#N)C(=O)O)cc(Cl)c1OC(C)C. The summed E-state index contributed by atoms with van der Waals surface area (Å²) >= 11 is 6.10. The van der Waals surface area contributed by atoms with Crippen molar-refractivity contribution >= 4 is 23.6 Å². The van der Waals surface area contributed by atoms with Crippen molar-refractivity contribution in [2.24, 2.45) is 0 Å². The van der Waals surface area contributed by atoms with Crippen LogP contribution in [0.5, 0.6) is 11.5 Å². The number of aliphatic carboxylic acids is 1. The highest BCUT2D eigenvalue weighted by molar-refractivity contribution is 6.32. The van der Waals surface area contributed by atoms with Crippen LogP contribution in [0.15, 0.2) is 17.7 Å². The number of ether oxygens (including phenoxy) is 2. The molecule has 0 aromatic heterocycles. The van der Waals surface area contributed by atoms with E-state index in [1.165, 1.54) is 19.3 Å². The number of nitriles is 1. The topological polar surface area (TPSA) is 79.5 Å². The Balaban J connectivity index is 3.30. The molecule has 106 valence electrons. The Morgan fingerprint density at radius 2 is 2.15 bits per heavy atom. The van der Waals surface area contributed by atoms with Gasteiger partial charge in [-0.15, -0.1) is 0 Å². The highest BCUT2D eigenvalue weighted by Crippen LogP contribution is 2.37. The fraction of sp³-hybridized carbons (Fsp3) is 0.286. The van der Waals surface area contributed by atoms with E-state index >= 15 is 0 Å². The zero-order valence-electron chi connectivity index (χ0n) is 11.3. The molecular weight excluding hydrogens is 282 g/mol. The van der Waals surface area contributed by atoms with E-state index in [4.69, 9.17) is 31.4 Å². The lowest BCUT2D eigenvalue weighted by molar-refractivity contribution is -0.132. The van der Waals surface area contributed by atoms with Crippen LogP contribution in [0, 0.1) is 11.3 Å². The maximum Gasteiger partial charge on any atom is 0.346 e. The van der Waals surface area contributed by atoms with E-state index in [0.29, 0.717) is 17.1 Å². The third-order valence-corrected chi connectivity index (χ3v) is 2.55. The molecule has 1 N–H and O–H groups in total. The highest BCUT2D eigenvalue weighted by atomic mass is 35.5. The molecular formula is C14H14ClNO4. The first-order chi connectivity index (χ1) is 9.38. The zero-order chi connectivity index (χ0) is 15.3. The van der Waals surface area contributed by atoms with Crippen molar-refractivity contribution in [3.63, 3.8) is 0 Å². The number of halogens is 1. The number of hydrogen-bond acceptors (Lipinski definition) is 4. The minimum Gasteiger partial charge on any atom is -0.493 e. The fourth-order valence-electron chi connectivity index (χ4n) is 1.48. The molecule has 0 atom stereocenters. The van der Waals surface area contributed by atoms with Crippen molar-refractivity contribution in [1.29, 1.82) is 5.26 Å². The predicted molar refractivity (Wildman–Crippen MR) is 75.0 cm³/mol. The Morgan fingerprint density at radius 1 is 1.50 bits per heavy atom. The maximum absolute atomic E-state index is 10.8. The van der Waals surface area contributed by atoms with Crippen molar-refractivity contribution in [2.75, 3.05) is 7.11 Å². The molecule has 1 aromatic carbocycles. The Hall–Kier alpha value is -2.19. The molecule has 20 heavy (non-hydrogen) atoms. The molecule has 0 unspecified atom stereocenters. The van der Waals surface area contributed by atoms with E-state index < -0.39 is 5.97 Å². The van der Waals surface area contributed by atoms with Gasteiger partial charge in [0.1, 0.15) is 11.6 Å². The van der Waals surface area contributed by atoms with Gasteiger partial charge >= 0.3 is 5.97 Å². The molecule has 0 aliphatic rings. The van der Waals surface area contributed by atoms with Gasteiger partial charge in [-0.05, 0) is 37.6 Å². The average Bonchev–Trinajstić information content (AvgIpc) is 2.37. The van der Waals surface area contributed by atoms with Gasteiger partial charge in [-0.1, -0.05) is 11.6 Å². The summed E-state index contributed by atoms with van der Waals surface area (Å²) in [6.45, 7) is 3.70. The number of carboxylic acid groups (broad SMARTS) is 1. The van der Waals surface area contributed by atoms with Crippen molar-refractivity contribution in [1.82, 2.24) is 0 Å². The first-order valence-corrected chi connectivity index (χ1v) is 6.16. The van der Waals surface area contributed by atoms with Crippen LogP contribution in [0.2, 0.25) is 5.02 Å². The molecule has 5 nitrogen and oxygen atoms in total. The quantitative estimate of drug-likeness (QED) is 0.667. The van der Waals surface area contributed by atoms with Gasteiger partial charge in [0, 0.05) is 0 Å². The molecule has 0 heterocycles. The summed E-state index contributed by atoms with van der Waals surface area (Å²) < 4.78 is 10.7. The third kappa shape index (κ3) is 3.90. The Bertz CT molecular complexity index is 588. The molecule has 0 spiro atoms. The van der Waals surface area contributed by atoms with Crippen molar-refractivity contribution in [2.45, 2.75) is 20.0 Å². The van der Waals surface area contributed by atoms with Crippen LogP contribution in [-0.4, -0.2) is 24.3 Å². The van der Waals surface area contributed by atoms with E-state index in [9.17, 15) is 4.79 Å². The molecule has 0 amide bonds. The Labute approximate surface area is 122 Å². The van der Waals surface area contributed by atoms with Gasteiger partial charge in [-0.25, -0.2) is 4.79 Å². The van der Waals surface area contributed by atoms with Crippen LogP contribution < -0.4 is 9.47 Å². The van der Waals surface area contributed by atoms with Gasteiger partial charge in [-0.3, -0.25) is 0 Å². The van der Waals surface area contributed by atoms with Gasteiger partial charge in [0.2, 0.25) is 0 Å². The maximum atomic E-state index is 10.8. The van der Waals surface area contributed by atoms with Crippen molar-refractivity contribution in [3.05, 3.63) is 28.3 Å². The van der Waals surface area contributed by atoms with Gasteiger partial charge in [-0.2, -0.15) is 5.26 Å². The molecule has 0 saturated carbocycles. The average molecular weight is 296 g/mol. The minimum atomic E-state index is -1.30.